The molecule has 18 heavy (non-hydrogen) atoms. The van der Waals surface area contributed by atoms with E-state index < -0.39 is 11.6 Å². The summed E-state index contributed by atoms with van der Waals surface area (Å²) in [6.07, 6.45) is 1.39. The van der Waals surface area contributed by atoms with E-state index in [-0.39, 0.29) is 16.8 Å². The highest BCUT2D eigenvalue weighted by Crippen LogP contribution is 2.28. The fraction of sp³-hybridized carbons (Fsp3) is 0.0909. The van der Waals surface area contributed by atoms with Crippen LogP contribution < -0.4 is 5.32 Å². The molecule has 0 radical (unpaired) electrons. The number of hydrogen-bond donors (Lipinski definition) is 1. The van der Waals surface area contributed by atoms with Crippen LogP contribution in [0.1, 0.15) is 5.56 Å². The average molecular weight is 335 g/mol. The smallest absolute Gasteiger partial charge is 0.224 e. The summed E-state index contributed by atoms with van der Waals surface area (Å²) in [6.45, 7) is 1.54. The van der Waals surface area contributed by atoms with Gasteiger partial charge in [-0.15, -0.1) is 0 Å². The van der Waals surface area contributed by atoms with Gasteiger partial charge in [0.25, 0.3) is 0 Å². The van der Waals surface area contributed by atoms with Crippen molar-refractivity contribution in [3.8, 4) is 0 Å². The average Bonchev–Trinajstić information content (AvgIpc) is 2.34. The van der Waals surface area contributed by atoms with Gasteiger partial charge >= 0.3 is 0 Å². The third-order valence-corrected chi connectivity index (χ3v) is 3.00. The number of halogens is 4. The molecule has 0 aliphatic carbocycles. The Kier molecular flexibility index (Phi) is 3.77. The van der Waals surface area contributed by atoms with Gasteiger partial charge in [-0.05, 0) is 46.1 Å². The number of nitrogens with one attached hydrogen (secondary N) is 1. The van der Waals surface area contributed by atoms with E-state index in [1.54, 1.807) is 6.92 Å². The molecule has 0 unspecified atom stereocenters. The molecule has 1 aromatic heterocycles. The van der Waals surface area contributed by atoms with E-state index >= 15 is 0 Å². The SMILES string of the molecule is Cc1ccc(F)c(Nc2nc(Cl)ncc2Br)c1F. The second-order valence-corrected chi connectivity index (χ2v) is 4.71. The summed E-state index contributed by atoms with van der Waals surface area (Å²) in [7, 11) is 0. The second-order valence-electron chi connectivity index (χ2n) is 3.51. The number of aryl methyl sites for hydroxylation is 1. The van der Waals surface area contributed by atoms with Gasteiger partial charge in [-0.2, -0.15) is 4.98 Å². The van der Waals surface area contributed by atoms with E-state index in [1.807, 2.05) is 0 Å². The summed E-state index contributed by atoms with van der Waals surface area (Å²) < 4.78 is 27.8. The first-order valence-corrected chi connectivity index (χ1v) is 6.06. The number of nitrogens with zero attached hydrogens (tertiary/aromatic N) is 2. The molecule has 0 aliphatic heterocycles. The third kappa shape index (κ3) is 2.59. The molecule has 1 N–H and O–H groups in total. The minimum atomic E-state index is -0.709. The molecule has 2 rings (SSSR count). The predicted molar refractivity (Wildman–Crippen MR) is 69.1 cm³/mol. The molecule has 0 saturated carbocycles. The Labute approximate surface area is 115 Å². The first-order valence-electron chi connectivity index (χ1n) is 4.88. The van der Waals surface area contributed by atoms with Crippen LogP contribution in [0, 0.1) is 18.6 Å². The molecular formula is C11H7BrClF2N3. The van der Waals surface area contributed by atoms with E-state index in [1.165, 1.54) is 18.3 Å². The zero-order valence-corrected chi connectivity index (χ0v) is 11.5. The highest BCUT2D eigenvalue weighted by Gasteiger charge is 2.14. The summed E-state index contributed by atoms with van der Waals surface area (Å²) in [5.41, 5.74) is 0.0562. The molecule has 0 amide bonds. The van der Waals surface area contributed by atoms with Gasteiger partial charge in [-0.3, -0.25) is 0 Å². The lowest BCUT2D eigenvalue weighted by atomic mass is 10.2. The number of aromatic nitrogens is 2. The van der Waals surface area contributed by atoms with E-state index in [4.69, 9.17) is 11.6 Å². The first kappa shape index (κ1) is 13.2. The van der Waals surface area contributed by atoms with Crippen molar-refractivity contribution < 1.29 is 8.78 Å². The normalized spacial score (nSPS) is 10.5. The van der Waals surface area contributed by atoms with Gasteiger partial charge in [-0.1, -0.05) is 6.07 Å². The number of hydrogen-bond acceptors (Lipinski definition) is 3. The first-order chi connectivity index (χ1) is 8.49. The van der Waals surface area contributed by atoms with Crippen LogP contribution in [0.2, 0.25) is 5.28 Å². The summed E-state index contributed by atoms with van der Waals surface area (Å²) in [5, 5.41) is 2.54. The molecule has 1 heterocycles. The minimum absolute atomic E-state index is 0.0193. The van der Waals surface area contributed by atoms with Crippen LogP contribution in [0.15, 0.2) is 22.8 Å². The van der Waals surface area contributed by atoms with Gasteiger partial charge in [0.2, 0.25) is 5.28 Å². The Morgan fingerprint density at radius 2 is 2.06 bits per heavy atom. The molecule has 0 bridgehead atoms. The maximum atomic E-state index is 13.8. The van der Waals surface area contributed by atoms with Crippen LogP contribution in [-0.4, -0.2) is 9.97 Å². The number of rotatable bonds is 2. The van der Waals surface area contributed by atoms with Crippen molar-refractivity contribution in [3.05, 3.63) is 45.3 Å². The van der Waals surface area contributed by atoms with E-state index in [9.17, 15) is 8.78 Å². The molecule has 94 valence electrons. The number of anilines is 2. The van der Waals surface area contributed by atoms with Crippen molar-refractivity contribution in [3.63, 3.8) is 0 Å². The van der Waals surface area contributed by atoms with Crippen molar-refractivity contribution in [2.45, 2.75) is 6.92 Å². The fourth-order valence-electron chi connectivity index (χ4n) is 1.32. The van der Waals surface area contributed by atoms with Crippen LogP contribution in [0.25, 0.3) is 0 Å². The standard InChI is InChI=1S/C11H7BrClF2N3/c1-5-2-3-7(14)9(8(5)15)17-10-6(12)4-16-11(13)18-10/h2-4H,1H3,(H,16,17,18). The summed E-state index contributed by atoms with van der Waals surface area (Å²) in [5.74, 6) is -1.19. The van der Waals surface area contributed by atoms with Crippen LogP contribution in [0.5, 0.6) is 0 Å². The Hall–Kier alpha value is -1.27. The van der Waals surface area contributed by atoms with Gasteiger partial charge in [0.15, 0.2) is 5.82 Å². The van der Waals surface area contributed by atoms with Crippen molar-refractivity contribution >= 4 is 39.0 Å². The Morgan fingerprint density at radius 3 is 2.78 bits per heavy atom. The topological polar surface area (TPSA) is 37.8 Å². The zero-order valence-electron chi connectivity index (χ0n) is 9.14. The maximum Gasteiger partial charge on any atom is 0.224 e. The third-order valence-electron chi connectivity index (χ3n) is 2.24. The fourth-order valence-corrected chi connectivity index (χ4v) is 1.75. The zero-order chi connectivity index (χ0) is 13.3. The summed E-state index contributed by atoms with van der Waals surface area (Å²) in [4.78, 5) is 7.57. The van der Waals surface area contributed by atoms with E-state index in [0.717, 1.165) is 0 Å². The minimum Gasteiger partial charge on any atom is -0.334 e. The molecule has 0 spiro atoms. The molecule has 7 heteroatoms. The molecule has 3 nitrogen and oxygen atoms in total. The van der Waals surface area contributed by atoms with Crippen LogP contribution in [0.4, 0.5) is 20.3 Å². The molecule has 1 aromatic carbocycles. The number of benzene rings is 1. The largest absolute Gasteiger partial charge is 0.334 e. The lowest BCUT2D eigenvalue weighted by Gasteiger charge is -2.10. The quantitative estimate of drug-likeness (QED) is 0.836. The lowest BCUT2D eigenvalue weighted by Crippen LogP contribution is -2.02. The van der Waals surface area contributed by atoms with Gasteiger partial charge in [-0.25, -0.2) is 13.8 Å². The van der Waals surface area contributed by atoms with Gasteiger partial charge in [0.05, 0.1) is 4.47 Å². The molecular weight excluding hydrogens is 327 g/mol. The molecule has 2 aromatic rings. The summed E-state index contributed by atoms with van der Waals surface area (Å²) >= 11 is 8.79. The van der Waals surface area contributed by atoms with E-state index in [2.05, 4.69) is 31.2 Å². The predicted octanol–water partition coefficient (Wildman–Crippen LogP) is 4.22. The Morgan fingerprint density at radius 1 is 1.33 bits per heavy atom. The molecule has 0 aliphatic rings. The second kappa shape index (κ2) is 5.16. The molecule has 0 fully saturated rings. The van der Waals surface area contributed by atoms with Crippen molar-refractivity contribution in [1.82, 2.24) is 9.97 Å². The molecule has 0 atom stereocenters. The molecule has 0 saturated heterocycles. The van der Waals surface area contributed by atoms with Crippen molar-refractivity contribution in [2.75, 3.05) is 5.32 Å². The van der Waals surface area contributed by atoms with Gasteiger partial charge in [0, 0.05) is 6.20 Å². The van der Waals surface area contributed by atoms with Crippen molar-refractivity contribution in [2.24, 2.45) is 0 Å². The van der Waals surface area contributed by atoms with Gasteiger partial charge < -0.3 is 5.32 Å². The summed E-state index contributed by atoms with van der Waals surface area (Å²) in [6, 6.07) is 2.54. The van der Waals surface area contributed by atoms with Crippen molar-refractivity contribution in [1.29, 1.82) is 0 Å². The highest BCUT2D eigenvalue weighted by atomic mass is 79.9. The van der Waals surface area contributed by atoms with Gasteiger partial charge in [0.1, 0.15) is 17.3 Å². The Balaban J connectivity index is 2.46. The van der Waals surface area contributed by atoms with E-state index in [0.29, 0.717) is 10.0 Å². The van der Waals surface area contributed by atoms with Crippen LogP contribution in [0.3, 0.4) is 0 Å². The Bertz CT molecular complexity index is 607. The highest BCUT2D eigenvalue weighted by molar-refractivity contribution is 9.10. The lowest BCUT2D eigenvalue weighted by molar-refractivity contribution is 0.584. The maximum absolute atomic E-state index is 13.8. The van der Waals surface area contributed by atoms with Crippen LogP contribution >= 0.6 is 27.5 Å². The monoisotopic (exact) mass is 333 g/mol. The van der Waals surface area contributed by atoms with Crippen LogP contribution in [-0.2, 0) is 0 Å².